The van der Waals surface area contributed by atoms with Crippen LogP contribution < -0.4 is 15.4 Å². The lowest BCUT2D eigenvalue weighted by atomic mass is 10.0. The fraction of sp³-hybridized carbons (Fsp3) is 0.444. The molecule has 0 aromatic heterocycles. The standard InChI is InChI=1S/C27H37N3O5/c1-8-17-30(25(32)19(3)28-26(33)35-27(4,5)6)23(20-11-9-18(2)10-12-20)24(31)29-21-13-15-22(34-7)16-14-21/h9-16,19,23H,8,17H2,1-7H3,(H,28,33)(H,29,31). The van der Waals surface area contributed by atoms with E-state index in [0.29, 0.717) is 30.0 Å². The lowest BCUT2D eigenvalue weighted by Crippen LogP contribution is -2.51. The van der Waals surface area contributed by atoms with Gasteiger partial charge in [0.2, 0.25) is 5.91 Å². The Morgan fingerprint density at radius 1 is 1.00 bits per heavy atom. The molecule has 0 radical (unpaired) electrons. The van der Waals surface area contributed by atoms with Gasteiger partial charge in [-0.05, 0) is 70.9 Å². The highest BCUT2D eigenvalue weighted by atomic mass is 16.6. The third-order valence-electron chi connectivity index (χ3n) is 5.16. The van der Waals surface area contributed by atoms with Crippen molar-refractivity contribution in [3.05, 3.63) is 59.7 Å². The Morgan fingerprint density at radius 3 is 2.11 bits per heavy atom. The smallest absolute Gasteiger partial charge is 0.408 e. The third-order valence-corrected chi connectivity index (χ3v) is 5.16. The van der Waals surface area contributed by atoms with Gasteiger partial charge in [0.05, 0.1) is 7.11 Å². The Labute approximate surface area is 208 Å². The predicted octanol–water partition coefficient (Wildman–Crippen LogP) is 4.84. The summed E-state index contributed by atoms with van der Waals surface area (Å²) in [5.74, 6) is -0.0682. The van der Waals surface area contributed by atoms with Crippen LogP contribution >= 0.6 is 0 Å². The van der Waals surface area contributed by atoms with Crippen molar-refractivity contribution in [1.82, 2.24) is 10.2 Å². The number of rotatable bonds is 9. The van der Waals surface area contributed by atoms with Gasteiger partial charge in [0.25, 0.3) is 5.91 Å². The molecule has 190 valence electrons. The number of ether oxygens (including phenoxy) is 2. The summed E-state index contributed by atoms with van der Waals surface area (Å²) in [4.78, 5) is 40.8. The van der Waals surface area contributed by atoms with Crippen molar-refractivity contribution >= 4 is 23.6 Å². The second-order valence-electron chi connectivity index (χ2n) is 9.43. The SMILES string of the molecule is CCCN(C(=O)C(C)NC(=O)OC(C)(C)C)C(C(=O)Nc1ccc(OC)cc1)c1ccc(C)cc1. The van der Waals surface area contributed by atoms with E-state index in [1.807, 2.05) is 38.1 Å². The van der Waals surface area contributed by atoms with Crippen molar-refractivity contribution in [1.29, 1.82) is 0 Å². The maximum Gasteiger partial charge on any atom is 0.408 e. The van der Waals surface area contributed by atoms with E-state index in [-0.39, 0.29) is 11.8 Å². The molecule has 2 N–H and O–H groups in total. The minimum Gasteiger partial charge on any atom is -0.497 e. The highest BCUT2D eigenvalue weighted by Gasteiger charge is 2.34. The van der Waals surface area contributed by atoms with Crippen LogP contribution in [0, 0.1) is 6.92 Å². The molecule has 0 aliphatic heterocycles. The number of aryl methyl sites for hydroxylation is 1. The van der Waals surface area contributed by atoms with Crippen LogP contribution in [0.3, 0.4) is 0 Å². The summed E-state index contributed by atoms with van der Waals surface area (Å²) in [5, 5.41) is 5.50. The molecule has 0 aliphatic carbocycles. The molecule has 2 aromatic carbocycles. The molecule has 0 aliphatic rings. The molecule has 8 heteroatoms. The predicted molar refractivity (Wildman–Crippen MR) is 136 cm³/mol. The summed E-state index contributed by atoms with van der Waals surface area (Å²) in [5.41, 5.74) is 1.60. The van der Waals surface area contributed by atoms with Gasteiger partial charge >= 0.3 is 6.09 Å². The number of hydrogen-bond acceptors (Lipinski definition) is 5. The first-order chi connectivity index (χ1) is 16.4. The second-order valence-corrected chi connectivity index (χ2v) is 9.43. The number of amides is 3. The van der Waals surface area contributed by atoms with Gasteiger partial charge in [0.15, 0.2) is 0 Å². The van der Waals surface area contributed by atoms with Crippen molar-refractivity contribution in [3.63, 3.8) is 0 Å². The Hall–Kier alpha value is -3.55. The summed E-state index contributed by atoms with van der Waals surface area (Å²) in [6.07, 6.45) is -0.0623. The highest BCUT2D eigenvalue weighted by molar-refractivity contribution is 5.99. The normalized spacial score (nSPS) is 12.8. The maximum absolute atomic E-state index is 13.6. The Morgan fingerprint density at radius 2 is 1.60 bits per heavy atom. The van der Waals surface area contributed by atoms with Crippen molar-refractivity contribution in [2.24, 2.45) is 0 Å². The number of methoxy groups -OCH3 is 1. The van der Waals surface area contributed by atoms with E-state index >= 15 is 0 Å². The third kappa shape index (κ3) is 8.31. The zero-order valence-electron chi connectivity index (χ0n) is 21.7. The fourth-order valence-electron chi connectivity index (χ4n) is 3.51. The summed E-state index contributed by atoms with van der Waals surface area (Å²) < 4.78 is 10.5. The Bertz CT molecular complexity index is 997. The minimum atomic E-state index is -0.895. The number of carbonyl (C=O) groups excluding carboxylic acids is 3. The van der Waals surface area contributed by atoms with Gasteiger partial charge in [0, 0.05) is 12.2 Å². The van der Waals surface area contributed by atoms with E-state index in [1.165, 1.54) is 4.90 Å². The molecule has 0 saturated heterocycles. The first-order valence-electron chi connectivity index (χ1n) is 11.8. The molecule has 0 heterocycles. The zero-order valence-corrected chi connectivity index (χ0v) is 21.7. The summed E-state index contributed by atoms with van der Waals surface area (Å²) in [6.45, 7) is 11.0. The number of hydrogen-bond donors (Lipinski definition) is 2. The highest BCUT2D eigenvalue weighted by Crippen LogP contribution is 2.26. The minimum absolute atomic E-state index is 0.327. The van der Waals surface area contributed by atoms with Crippen molar-refractivity contribution in [2.45, 2.75) is 65.6 Å². The van der Waals surface area contributed by atoms with Crippen molar-refractivity contribution < 1.29 is 23.9 Å². The van der Waals surface area contributed by atoms with Crippen LogP contribution in [-0.2, 0) is 14.3 Å². The number of nitrogens with one attached hydrogen (secondary N) is 2. The first kappa shape index (κ1) is 27.7. The van der Waals surface area contributed by atoms with E-state index in [0.717, 1.165) is 5.56 Å². The number of nitrogens with zero attached hydrogens (tertiary/aromatic N) is 1. The van der Waals surface area contributed by atoms with Gasteiger partial charge in [-0.1, -0.05) is 36.8 Å². The van der Waals surface area contributed by atoms with Gasteiger partial charge in [-0.3, -0.25) is 9.59 Å². The molecule has 2 aromatic rings. The summed E-state index contributed by atoms with van der Waals surface area (Å²) in [6, 6.07) is 12.7. The van der Waals surface area contributed by atoms with Crippen LogP contribution in [-0.4, -0.2) is 48.1 Å². The number of alkyl carbamates (subject to hydrolysis) is 1. The molecular formula is C27H37N3O5. The zero-order chi connectivity index (χ0) is 26.2. The lowest BCUT2D eigenvalue weighted by Gasteiger charge is -2.33. The molecule has 0 saturated carbocycles. The van der Waals surface area contributed by atoms with Gasteiger partial charge < -0.3 is 25.0 Å². The van der Waals surface area contributed by atoms with Crippen LogP contribution in [0.5, 0.6) is 5.75 Å². The number of benzene rings is 2. The Kier molecular flexibility index (Phi) is 9.68. The molecule has 0 fully saturated rings. The van der Waals surface area contributed by atoms with E-state index in [4.69, 9.17) is 9.47 Å². The summed E-state index contributed by atoms with van der Waals surface area (Å²) >= 11 is 0. The first-order valence-corrected chi connectivity index (χ1v) is 11.8. The van der Waals surface area contributed by atoms with Gasteiger partial charge in [-0.25, -0.2) is 4.79 Å². The van der Waals surface area contributed by atoms with E-state index < -0.39 is 23.8 Å². The van der Waals surface area contributed by atoms with Gasteiger partial charge in [-0.2, -0.15) is 0 Å². The van der Waals surface area contributed by atoms with E-state index in [9.17, 15) is 14.4 Å². The maximum atomic E-state index is 13.6. The van der Waals surface area contributed by atoms with Crippen molar-refractivity contribution in [3.8, 4) is 5.75 Å². The molecular weight excluding hydrogens is 446 g/mol. The van der Waals surface area contributed by atoms with Crippen LogP contribution in [0.2, 0.25) is 0 Å². The molecule has 0 bridgehead atoms. The fourth-order valence-corrected chi connectivity index (χ4v) is 3.51. The largest absolute Gasteiger partial charge is 0.497 e. The summed E-state index contributed by atoms with van der Waals surface area (Å²) in [7, 11) is 1.57. The average molecular weight is 484 g/mol. The second kappa shape index (κ2) is 12.2. The number of anilines is 1. The van der Waals surface area contributed by atoms with Crippen LogP contribution in [0.25, 0.3) is 0 Å². The molecule has 3 amide bonds. The topological polar surface area (TPSA) is 97.0 Å². The molecule has 8 nitrogen and oxygen atoms in total. The molecule has 2 rings (SSSR count). The molecule has 2 unspecified atom stereocenters. The van der Waals surface area contributed by atoms with Crippen molar-refractivity contribution in [2.75, 3.05) is 19.0 Å². The lowest BCUT2D eigenvalue weighted by molar-refractivity contribution is -0.140. The molecule has 35 heavy (non-hydrogen) atoms. The van der Waals surface area contributed by atoms with Crippen LogP contribution in [0.4, 0.5) is 10.5 Å². The number of carbonyl (C=O) groups is 3. The monoisotopic (exact) mass is 483 g/mol. The van der Waals surface area contributed by atoms with Crippen LogP contribution in [0.15, 0.2) is 48.5 Å². The van der Waals surface area contributed by atoms with E-state index in [2.05, 4.69) is 10.6 Å². The van der Waals surface area contributed by atoms with Crippen LogP contribution in [0.1, 0.15) is 58.2 Å². The van der Waals surface area contributed by atoms with Gasteiger partial charge in [-0.15, -0.1) is 0 Å². The Balaban J connectivity index is 2.35. The van der Waals surface area contributed by atoms with Gasteiger partial charge in [0.1, 0.15) is 23.4 Å². The molecule has 2 atom stereocenters. The molecule has 0 spiro atoms. The quantitative estimate of drug-likeness (QED) is 0.532. The van der Waals surface area contributed by atoms with E-state index in [1.54, 1.807) is 59.1 Å². The average Bonchev–Trinajstić information content (AvgIpc) is 2.78.